The summed E-state index contributed by atoms with van der Waals surface area (Å²) in [6.07, 6.45) is 3.36. The predicted octanol–water partition coefficient (Wildman–Crippen LogP) is 2.88. The minimum absolute atomic E-state index is 0.00611. The first-order chi connectivity index (χ1) is 15.0. The Morgan fingerprint density at radius 3 is 2.90 bits per heavy atom. The van der Waals surface area contributed by atoms with E-state index in [4.69, 9.17) is 10.7 Å². The van der Waals surface area contributed by atoms with Crippen molar-refractivity contribution >= 4 is 28.0 Å². The third-order valence-electron chi connectivity index (χ3n) is 6.14. The summed E-state index contributed by atoms with van der Waals surface area (Å²) in [5, 5.41) is 10.7. The Hall–Kier alpha value is -3.39. The van der Waals surface area contributed by atoms with Crippen molar-refractivity contribution in [3.63, 3.8) is 0 Å². The van der Waals surface area contributed by atoms with Gasteiger partial charge in [0.15, 0.2) is 5.82 Å². The van der Waals surface area contributed by atoms with E-state index < -0.39 is 0 Å². The Labute approximate surface area is 179 Å². The summed E-state index contributed by atoms with van der Waals surface area (Å²) in [7, 11) is 1.97. The molecule has 4 aromatic rings. The van der Waals surface area contributed by atoms with Crippen molar-refractivity contribution < 1.29 is 9.90 Å². The summed E-state index contributed by atoms with van der Waals surface area (Å²) in [5.74, 6) is 0.934. The number of amides is 1. The van der Waals surface area contributed by atoms with Crippen LogP contribution in [0.25, 0.3) is 33.6 Å². The lowest BCUT2D eigenvalue weighted by atomic mass is 10.1. The first-order valence-electron chi connectivity index (χ1n) is 10.7. The molecule has 160 valence electrons. The number of fused-ring (bicyclic) bond motifs is 2. The first-order valence-corrected chi connectivity index (χ1v) is 10.7. The second kappa shape index (κ2) is 7.39. The lowest BCUT2D eigenvalue weighted by molar-refractivity contribution is 0.0709. The topological polar surface area (TPSA) is 102 Å². The molecule has 0 radical (unpaired) electrons. The summed E-state index contributed by atoms with van der Waals surface area (Å²) < 4.78 is 4.11. The Bertz CT molecular complexity index is 1300. The largest absolute Gasteiger partial charge is 0.506 e. The second-order valence-electron chi connectivity index (χ2n) is 8.23. The molecule has 3 aromatic heterocycles. The van der Waals surface area contributed by atoms with Crippen molar-refractivity contribution in [2.24, 2.45) is 12.8 Å². The number of imidazole rings is 1. The van der Waals surface area contributed by atoms with Crippen LogP contribution in [0.3, 0.4) is 0 Å². The quantitative estimate of drug-likeness (QED) is 0.533. The molecule has 0 bridgehead atoms. The highest BCUT2D eigenvalue weighted by atomic mass is 16.3. The van der Waals surface area contributed by atoms with Crippen LogP contribution in [-0.2, 0) is 13.6 Å². The summed E-state index contributed by atoms with van der Waals surface area (Å²) in [6.45, 7) is 4.12. The molecule has 3 N–H and O–H groups in total. The maximum atomic E-state index is 13.0. The molecular weight excluding hydrogens is 392 g/mol. The van der Waals surface area contributed by atoms with Crippen LogP contribution in [0.15, 0.2) is 36.5 Å². The molecule has 0 aliphatic carbocycles. The number of aromatic hydroxyl groups is 1. The average Bonchev–Trinajstić information content (AvgIpc) is 3.29. The van der Waals surface area contributed by atoms with Gasteiger partial charge in [0.1, 0.15) is 11.4 Å². The molecule has 1 aliphatic heterocycles. The van der Waals surface area contributed by atoms with Gasteiger partial charge in [0.05, 0.1) is 22.9 Å². The van der Waals surface area contributed by atoms with Crippen molar-refractivity contribution in [3.05, 3.63) is 42.1 Å². The van der Waals surface area contributed by atoms with Crippen LogP contribution in [-0.4, -0.2) is 54.1 Å². The Morgan fingerprint density at radius 2 is 2.13 bits per heavy atom. The molecule has 1 amide bonds. The van der Waals surface area contributed by atoms with E-state index in [2.05, 4.69) is 16.5 Å². The van der Waals surface area contributed by atoms with Crippen LogP contribution in [0, 0.1) is 0 Å². The highest BCUT2D eigenvalue weighted by molar-refractivity contribution is 5.98. The number of hydrogen-bond acceptors (Lipinski definition) is 5. The molecule has 1 atom stereocenters. The van der Waals surface area contributed by atoms with Gasteiger partial charge in [-0.15, -0.1) is 0 Å². The zero-order valence-corrected chi connectivity index (χ0v) is 17.7. The number of nitrogens with two attached hydrogens (primary N) is 1. The third kappa shape index (κ3) is 3.23. The number of piperidine rings is 1. The number of aromatic nitrogens is 4. The lowest BCUT2D eigenvalue weighted by Gasteiger charge is -2.30. The third-order valence-corrected chi connectivity index (χ3v) is 6.14. The molecule has 0 spiro atoms. The minimum Gasteiger partial charge on any atom is -0.506 e. The molecule has 1 unspecified atom stereocenters. The molecule has 5 rings (SSSR count). The van der Waals surface area contributed by atoms with Crippen LogP contribution in [0.1, 0.15) is 30.1 Å². The van der Waals surface area contributed by atoms with Crippen LogP contribution in [0.4, 0.5) is 0 Å². The molecule has 8 nitrogen and oxygen atoms in total. The average molecular weight is 419 g/mol. The van der Waals surface area contributed by atoms with E-state index in [0.717, 1.165) is 59.5 Å². The van der Waals surface area contributed by atoms with Crippen LogP contribution in [0.2, 0.25) is 0 Å². The Morgan fingerprint density at radius 1 is 1.29 bits per heavy atom. The number of carbonyl (C=O) groups excluding carboxylic acids is 1. The highest BCUT2D eigenvalue weighted by Gasteiger charge is 2.23. The summed E-state index contributed by atoms with van der Waals surface area (Å²) in [6, 6.07) is 9.43. The van der Waals surface area contributed by atoms with Crippen molar-refractivity contribution in [2.75, 3.05) is 13.1 Å². The highest BCUT2D eigenvalue weighted by Crippen LogP contribution is 2.31. The zero-order valence-electron chi connectivity index (χ0n) is 17.7. The number of pyridine rings is 1. The van der Waals surface area contributed by atoms with Crippen molar-refractivity contribution in [2.45, 2.75) is 32.4 Å². The van der Waals surface area contributed by atoms with Gasteiger partial charge >= 0.3 is 0 Å². The van der Waals surface area contributed by atoms with Gasteiger partial charge in [0, 0.05) is 43.7 Å². The molecule has 1 saturated heterocycles. The summed E-state index contributed by atoms with van der Waals surface area (Å²) in [4.78, 5) is 24.1. The van der Waals surface area contributed by atoms with E-state index in [1.165, 1.54) is 6.20 Å². The number of benzene rings is 1. The number of nitrogens with zero attached hydrogens (tertiary/aromatic N) is 5. The smallest absolute Gasteiger partial charge is 0.253 e. The molecule has 1 aromatic carbocycles. The fourth-order valence-electron chi connectivity index (χ4n) is 4.58. The minimum atomic E-state index is 0.00611. The van der Waals surface area contributed by atoms with E-state index in [-0.39, 0.29) is 17.7 Å². The van der Waals surface area contributed by atoms with Crippen LogP contribution < -0.4 is 5.73 Å². The second-order valence-corrected chi connectivity index (χ2v) is 8.23. The fourth-order valence-corrected chi connectivity index (χ4v) is 4.58. The number of carbonyl (C=O) groups is 1. The molecule has 31 heavy (non-hydrogen) atoms. The molecule has 4 heterocycles. The van der Waals surface area contributed by atoms with Gasteiger partial charge in [0.2, 0.25) is 0 Å². The van der Waals surface area contributed by atoms with E-state index in [1.54, 1.807) is 6.07 Å². The van der Waals surface area contributed by atoms with Gasteiger partial charge < -0.3 is 24.9 Å². The van der Waals surface area contributed by atoms with Gasteiger partial charge in [-0.1, -0.05) is 0 Å². The van der Waals surface area contributed by atoms with Gasteiger partial charge in [0.25, 0.3) is 5.91 Å². The van der Waals surface area contributed by atoms with Gasteiger partial charge in [-0.25, -0.2) is 9.97 Å². The number of rotatable bonds is 3. The molecule has 1 fully saturated rings. The maximum absolute atomic E-state index is 13.0. The fraction of sp³-hybridized carbons (Fsp3) is 0.348. The van der Waals surface area contributed by atoms with Gasteiger partial charge in [-0.05, 0) is 50.1 Å². The number of likely N-dealkylation sites (tertiary alicyclic amines) is 1. The molecule has 0 saturated carbocycles. The standard InChI is InChI=1S/C23H26N6O2/c1-3-29-20(11-15-9-17(30)12-25-21(15)29)22-26-18-10-14(6-7-19(18)27(22)2)23(31)28-8-4-5-16(24)13-28/h6-7,9-12,16,30H,3-5,8,13,24H2,1-2H3. The van der Waals surface area contributed by atoms with Crippen molar-refractivity contribution in [1.29, 1.82) is 0 Å². The molecule has 1 aliphatic rings. The van der Waals surface area contributed by atoms with E-state index in [0.29, 0.717) is 12.1 Å². The summed E-state index contributed by atoms with van der Waals surface area (Å²) >= 11 is 0. The summed E-state index contributed by atoms with van der Waals surface area (Å²) in [5.41, 5.74) is 10.1. The predicted molar refractivity (Wildman–Crippen MR) is 120 cm³/mol. The van der Waals surface area contributed by atoms with Crippen molar-refractivity contribution in [3.8, 4) is 17.3 Å². The SMILES string of the molecule is CCn1c(-c2nc3cc(C(=O)N4CCCC(N)C4)ccc3n2C)cc2cc(O)cnc21. The van der Waals surface area contributed by atoms with Crippen molar-refractivity contribution in [1.82, 2.24) is 24.0 Å². The van der Waals surface area contributed by atoms with Gasteiger partial charge in [-0.3, -0.25) is 4.79 Å². The van der Waals surface area contributed by atoms with E-state index >= 15 is 0 Å². The van der Waals surface area contributed by atoms with Gasteiger partial charge in [-0.2, -0.15) is 0 Å². The normalized spacial score (nSPS) is 17.0. The first kappa shape index (κ1) is 19.6. The lowest BCUT2D eigenvalue weighted by Crippen LogP contribution is -2.45. The molecule has 8 heteroatoms. The van der Waals surface area contributed by atoms with Crippen LogP contribution in [0.5, 0.6) is 5.75 Å². The number of aryl methyl sites for hydroxylation is 2. The molecular formula is C23H26N6O2. The monoisotopic (exact) mass is 418 g/mol. The Balaban J connectivity index is 1.58. The van der Waals surface area contributed by atoms with E-state index in [1.807, 2.05) is 40.8 Å². The van der Waals surface area contributed by atoms with E-state index in [9.17, 15) is 9.90 Å². The maximum Gasteiger partial charge on any atom is 0.253 e. The number of hydrogen-bond donors (Lipinski definition) is 2. The van der Waals surface area contributed by atoms with Crippen LogP contribution >= 0.6 is 0 Å². The zero-order chi connectivity index (χ0) is 21.7. The Kier molecular flexibility index (Phi) is 4.66.